The third kappa shape index (κ3) is 3.94. The molecule has 0 radical (unpaired) electrons. The highest BCUT2D eigenvalue weighted by atomic mass is 32.1. The lowest BCUT2D eigenvalue weighted by Gasteiger charge is -2.12. The minimum Gasteiger partial charge on any atom is -0.236 e. The van der Waals surface area contributed by atoms with Crippen LogP contribution in [0.25, 0.3) is 15.8 Å². The molecular weight excluding hydrogens is 295 g/mol. The van der Waals surface area contributed by atoms with Crippen molar-refractivity contribution in [1.82, 2.24) is 4.98 Å². The number of aromatic nitrogens is 1. The highest BCUT2D eigenvalue weighted by Gasteiger charge is 2.27. The first-order valence-corrected chi connectivity index (χ1v) is 7.38. The fraction of sp³-hybridized carbons (Fsp3) is 0.312. The van der Waals surface area contributed by atoms with Gasteiger partial charge in [0.1, 0.15) is 5.01 Å². The predicted molar refractivity (Wildman–Crippen MR) is 82.3 cm³/mol. The molecule has 0 amide bonds. The van der Waals surface area contributed by atoms with E-state index in [0.717, 1.165) is 26.4 Å². The van der Waals surface area contributed by atoms with Gasteiger partial charge in [0.05, 0.1) is 10.2 Å². The van der Waals surface area contributed by atoms with Gasteiger partial charge in [-0.05, 0) is 38.0 Å². The van der Waals surface area contributed by atoms with Gasteiger partial charge in [0.2, 0.25) is 0 Å². The number of nitrogens with zero attached hydrogens (tertiary/aromatic N) is 1. The van der Waals surface area contributed by atoms with Gasteiger partial charge in [0, 0.05) is 12.0 Å². The van der Waals surface area contributed by atoms with Crippen molar-refractivity contribution in [2.45, 2.75) is 32.9 Å². The van der Waals surface area contributed by atoms with E-state index in [0.29, 0.717) is 5.57 Å². The molecule has 21 heavy (non-hydrogen) atoms. The summed E-state index contributed by atoms with van der Waals surface area (Å²) in [7, 11) is 0. The Hall–Kier alpha value is -1.62. The molecule has 0 fully saturated rings. The number of fused-ring (bicyclic) bond motifs is 1. The Kier molecular flexibility index (Phi) is 4.52. The Morgan fingerprint density at radius 1 is 1.24 bits per heavy atom. The van der Waals surface area contributed by atoms with Gasteiger partial charge in [-0.25, -0.2) is 4.98 Å². The number of hydrogen-bond acceptors (Lipinski definition) is 2. The van der Waals surface area contributed by atoms with Gasteiger partial charge in [0.15, 0.2) is 0 Å². The molecule has 0 aliphatic rings. The summed E-state index contributed by atoms with van der Waals surface area (Å²) in [6.07, 6.45) is -5.11. The molecule has 1 aromatic heterocycles. The minimum atomic E-state index is -4.16. The zero-order chi connectivity index (χ0) is 15.6. The maximum absolute atomic E-state index is 12.4. The van der Waals surface area contributed by atoms with Crippen molar-refractivity contribution in [1.29, 1.82) is 0 Å². The maximum Gasteiger partial charge on any atom is 0.389 e. The van der Waals surface area contributed by atoms with Crippen molar-refractivity contribution in [2.24, 2.45) is 0 Å². The lowest BCUT2D eigenvalue weighted by Crippen LogP contribution is -2.07. The Morgan fingerprint density at radius 3 is 2.48 bits per heavy atom. The van der Waals surface area contributed by atoms with E-state index < -0.39 is 12.6 Å². The summed E-state index contributed by atoms with van der Waals surface area (Å²) in [6.45, 7) is 7.59. The zero-order valence-electron chi connectivity index (χ0n) is 11.9. The Labute approximate surface area is 125 Å². The fourth-order valence-electron chi connectivity index (χ4n) is 2.12. The molecule has 5 heteroatoms. The first kappa shape index (κ1) is 15.8. The molecule has 0 aliphatic heterocycles. The number of halogens is 3. The standard InChI is InChI=1S/C16H16F3NS/c1-10(2)14(11(3)8-9-16(17,18)19)15-20-12-6-4-5-7-13(12)21-15/h4-7H,3,8-9H2,1-2H3. The molecular formula is C16H16F3NS. The summed E-state index contributed by atoms with van der Waals surface area (Å²) in [4.78, 5) is 4.52. The largest absolute Gasteiger partial charge is 0.389 e. The monoisotopic (exact) mass is 311 g/mol. The normalized spacial score (nSPS) is 11.7. The minimum absolute atomic E-state index is 0.0973. The van der Waals surface area contributed by atoms with Crippen molar-refractivity contribution in [3.63, 3.8) is 0 Å². The van der Waals surface area contributed by atoms with Crippen LogP contribution in [0.5, 0.6) is 0 Å². The van der Waals surface area contributed by atoms with E-state index in [1.54, 1.807) is 0 Å². The van der Waals surface area contributed by atoms with E-state index in [-0.39, 0.29) is 6.42 Å². The third-order valence-corrected chi connectivity index (χ3v) is 4.13. The number of hydrogen-bond donors (Lipinski definition) is 0. The van der Waals surface area contributed by atoms with Gasteiger partial charge in [-0.2, -0.15) is 13.2 Å². The lowest BCUT2D eigenvalue weighted by molar-refractivity contribution is -0.133. The maximum atomic E-state index is 12.4. The molecule has 112 valence electrons. The zero-order valence-corrected chi connectivity index (χ0v) is 12.7. The van der Waals surface area contributed by atoms with Crippen LogP contribution in [0.4, 0.5) is 13.2 Å². The molecule has 1 aromatic carbocycles. The van der Waals surface area contributed by atoms with Crippen LogP contribution < -0.4 is 0 Å². The van der Waals surface area contributed by atoms with Crippen LogP contribution in [0.3, 0.4) is 0 Å². The summed E-state index contributed by atoms with van der Waals surface area (Å²) < 4.78 is 38.2. The molecule has 0 saturated carbocycles. The second kappa shape index (κ2) is 6.02. The molecule has 1 nitrogen and oxygen atoms in total. The van der Waals surface area contributed by atoms with Crippen LogP contribution >= 0.6 is 11.3 Å². The molecule has 0 unspecified atom stereocenters. The molecule has 0 atom stereocenters. The summed E-state index contributed by atoms with van der Waals surface area (Å²) in [6, 6.07) is 7.67. The van der Waals surface area contributed by atoms with Crippen molar-refractivity contribution in [3.05, 3.63) is 47.0 Å². The number of alkyl halides is 3. The van der Waals surface area contributed by atoms with Crippen molar-refractivity contribution >= 4 is 27.1 Å². The Bertz CT molecular complexity index is 658. The van der Waals surface area contributed by atoms with Gasteiger partial charge >= 0.3 is 6.18 Å². The first-order chi connectivity index (χ1) is 9.78. The average Bonchev–Trinajstić information content (AvgIpc) is 2.78. The van der Waals surface area contributed by atoms with E-state index in [4.69, 9.17) is 0 Å². The Morgan fingerprint density at radius 2 is 1.90 bits per heavy atom. The quantitative estimate of drug-likeness (QED) is 0.632. The molecule has 0 bridgehead atoms. The number of para-hydroxylation sites is 1. The van der Waals surface area contributed by atoms with E-state index >= 15 is 0 Å². The second-order valence-electron chi connectivity index (χ2n) is 5.08. The van der Waals surface area contributed by atoms with Gasteiger partial charge in [-0.15, -0.1) is 11.3 Å². The second-order valence-corrected chi connectivity index (χ2v) is 6.11. The summed E-state index contributed by atoms with van der Waals surface area (Å²) in [5, 5.41) is 0.739. The van der Waals surface area contributed by atoms with E-state index in [1.165, 1.54) is 11.3 Å². The molecule has 0 aliphatic carbocycles. The smallest absolute Gasteiger partial charge is 0.236 e. The highest BCUT2D eigenvalue weighted by Crippen LogP contribution is 2.35. The van der Waals surface area contributed by atoms with Gasteiger partial charge < -0.3 is 0 Å². The van der Waals surface area contributed by atoms with Gasteiger partial charge in [-0.3, -0.25) is 0 Å². The van der Waals surface area contributed by atoms with Gasteiger partial charge in [0.25, 0.3) is 0 Å². The van der Waals surface area contributed by atoms with E-state index in [2.05, 4.69) is 11.6 Å². The Balaban J connectivity index is 2.32. The number of rotatable bonds is 4. The van der Waals surface area contributed by atoms with E-state index in [1.807, 2.05) is 38.1 Å². The van der Waals surface area contributed by atoms with Crippen LogP contribution in [-0.2, 0) is 0 Å². The molecule has 0 saturated heterocycles. The average molecular weight is 311 g/mol. The SMILES string of the molecule is C=C(CCC(F)(F)F)C(=C(C)C)c1nc2ccccc2s1. The van der Waals surface area contributed by atoms with Crippen LogP contribution in [0.1, 0.15) is 31.7 Å². The molecule has 1 heterocycles. The summed E-state index contributed by atoms with van der Waals surface area (Å²) in [5.74, 6) is 0. The number of allylic oxidation sites excluding steroid dienone is 3. The van der Waals surface area contributed by atoms with Crippen molar-refractivity contribution < 1.29 is 13.2 Å². The predicted octanol–water partition coefficient (Wildman–Crippen LogP) is 5.99. The number of benzene rings is 1. The summed E-state index contributed by atoms with van der Waals surface area (Å²) in [5.41, 5.74) is 3.04. The molecule has 0 N–H and O–H groups in total. The van der Waals surface area contributed by atoms with Crippen LogP contribution in [-0.4, -0.2) is 11.2 Å². The molecule has 0 spiro atoms. The van der Waals surface area contributed by atoms with Crippen LogP contribution in [0.2, 0.25) is 0 Å². The van der Waals surface area contributed by atoms with Crippen molar-refractivity contribution in [2.75, 3.05) is 0 Å². The van der Waals surface area contributed by atoms with Gasteiger partial charge in [-0.1, -0.05) is 24.3 Å². The topological polar surface area (TPSA) is 12.9 Å². The fourth-order valence-corrected chi connectivity index (χ4v) is 3.28. The number of thiazole rings is 1. The first-order valence-electron chi connectivity index (χ1n) is 6.56. The van der Waals surface area contributed by atoms with E-state index in [9.17, 15) is 13.2 Å². The molecule has 2 rings (SSSR count). The van der Waals surface area contributed by atoms with Crippen molar-refractivity contribution in [3.8, 4) is 0 Å². The molecule has 2 aromatic rings. The highest BCUT2D eigenvalue weighted by molar-refractivity contribution is 7.19. The van der Waals surface area contributed by atoms with Crippen LogP contribution in [0.15, 0.2) is 42.0 Å². The summed E-state index contributed by atoms with van der Waals surface area (Å²) >= 11 is 1.48. The lowest BCUT2D eigenvalue weighted by atomic mass is 9.99. The third-order valence-electron chi connectivity index (χ3n) is 3.07. The van der Waals surface area contributed by atoms with Crippen LogP contribution in [0, 0.1) is 0 Å².